The number of nitrogens with two attached hydrogens (primary N) is 1. The number of ether oxygens (including phenoxy) is 1. The fraction of sp³-hybridized carbons (Fsp3) is 0.450. The van der Waals surface area contributed by atoms with Crippen molar-refractivity contribution in [3.63, 3.8) is 0 Å². The van der Waals surface area contributed by atoms with E-state index >= 15 is 0 Å². The van der Waals surface area contributed by atoms with Crippen molar-refractivity contribution >= 4 is 11.6 Å². The number of anilines is 1. The van der Waals surface area contributed by atoms with E-state index in [-0.39, 0.29) is 6.04 Å². The number of hydrogen-bond acceptors (Lipinski definition) is 4. The highest BCUT2D eigenvalue weighted by atomic mass is 16.5. The van der Waals surface area contributed by atoms with E-state index in [1.807, 2.05) is 31.2 Å². The summed E-state index contributed by atoms with van der Waals surface area (Å²) in [7, 11) is 0. The molecule has 1 aliphatic heterocycles. The number of hydrogen-bond donors (Lipinski definition) is 2. The van der Waals surface area contributed by atoms with Gasteiger partial charge in [0.05, 0.1) is 25.8 Å². The molecule has 26 heavy (non-hydrogen) atoms. The fourth-order valence-corrected chi connectivity index (χ4v) is 3.15. The van der Waals surface area contributed by atoms with Gasteiger partial charge in [0, 0.05) is 18.8 Å². The van der Waals surface area contributed by atoms with Crippen LogP contribution in [0, 0.1) is 6.92 Å². The second kappa shape index (κ2) is 8.87. The average molecular weight is 356 g/mol. The maximum Gasteiger partial charge on any atom is 0.193 e. The van der Waals surface area contributed by atoms with Crippen LogP contribution in [0.3, 0.4) is 0 Å². The molecule has 1 aromatic carbocycles. The van der Waals surface area contributed by atoms with E-state index < -0.39 is 0 Å². The van der Waals surface area contributed by atoms with Gasteiger partial charge in [-0.1, -0.05) is 19.1 Å². The second-order valence-corrected chi connectivity index (χ2v) is 6.52. The quantitative estimate of drug-likeness (QED) is 0.615. The highest BCUT2D eigenvalue weighted by molar-refractivity contribution is 5.92. The molecule has 0 spiro atoms. The van der Waals surface area contributed by atoms with E-state index in [1.165, 1.54) is 5.56 Å². The lowest BCUT2D eigenvalue weighted by atomic mass is 10.1. The second-order valence-electron chi connectivity index (χ2n) is 6.52. The maximum atomic E-state index is 6.12. The lowest BCUT2D eigenvalue weighted by Gasteiger charge is -2.32. The number of nitrogens with one attached hydrogen (secondary N) is 1. The number of nitrogens with zero attached hydrogens (tertiary/aromatic N) is 2. The molecule has 0 saturated carbocycles. The van der Waals surface area contributed by atoms with Crippen LogP contribution in [0.25, 0.3) is 0 Å². The van der Waals surface area contributed by atoms with Gasteiger partial charge in [-0.05, 0) is 43.2 Å². The Morgan fingerprint density at radius 3 is 2.77 bits per heavy atom. The molecule has 0 aliphatic carbocycles. The van der Waals surface area contributed by atoms with E-state index in [2.05, 4.69) is 34.3 Å². The van der Waals surface area contributed by atoms with E-state index in [0.29, 0.717) is 12.5 Å². The van der Waals surface area contributed by atoms with Crippen molar-refractivity contribution in [2.45, 2.75) is 26.3 Å². The van der Waals surface area contributed by atoms with Crippen LogP contribution in [-0.2, 0) is 11.2 Å². The molecule has 0 radical (unpaired) electrons. The van der Waals surface area contributed by atoms with Crippen LogP contribution in [0.1, 0.15) is 30.0 Å². The van der Waals surface area contributed by atoms with Crippen LogP contribution >= 0.6 is 0 Å². The minimum Gasteiger partial charge on any atom is -0.465 e. The number of morpholine rings is 1. The van der Waals surface area contributed by atoms with Crippen molar-refractivity contribution in [3.05, 3.63) is 53.5 Å². The summed E-state index contributed by atoms with van der Waals surface area (Å²) in [5, 5.41) is 3.19. The Morgan fingerprint density at radius 2 is 2.08 bits per heavy atom. The van der Waals surface area contributed by atoms with Crippen LogP contribution in [0.5, 0.6) is 0 Å². The van der Waals surface area contributed by atoms with Gasteiger partial charge in [-0.15, -0.1) is 0 Å². The Kier molecular flexibility index (Phi) is 6.30. The number of aliphatic imine (C=N–C) groups is 1. The van der Waals surface area contributed by atoms with Crippen LogP contribution in [0.2, 0.25) is 0 Å². The van der Waals surface area contributed by atoms with Crippen LogP contribution in [-0.4, -0.2) is 43.7 Å². The minimum absolute atomic E-state index is 0.0647. The Balaban J connectivity index is 1.70. The molecule has 2 heterocycles. The van der Waals surface area contributed by atoms with Gasteiger partial charge in [0.15, 0.2) is 5.96 Å². The van der Waals surface area contributed by atoms with Crippen LogP contribution < -0.4 is 11.1 Å². The van der Waals surface area contributed by atoms with Gasteiger partial charge in [-0.25, -0.2) is 0 Å². The summed E-state index contributed by atoms with van der Waals surface area (Å²) in [5.74, 6) is 2.25. The predicted octanol–water partition coefficient (Wildman–Crippen LogP) is 2.95. The number of aryl methyl sites for hydroxylation is 2. The van der Waals surface area contributed by atoms with Crippen molar-refractivity contribution in [1.29, 1.82) is 0 Å². The Bertz CT molecular complexity index is 735. The van der Waals surface area contributed by atoms with Crippen molar-refractivity contribution in [2.24, 2.45) is 10.7 Å². The smallest absolute Gasteiger partial charge is 0.193 e. The Hall–Kier alpha value is -2.31. The van der Waals surface area contributed by atoms with Crippen molar-refractivity contribution in [2.75, 3.05) is 38.2 Å². The highest BCUT2D eigenvalue weighted by Crippen LogP contribution is 2.24. The number of benzene rings is 1. The third-order valence-electron chi connectivity index (χ3n) is 4.62. The number of guanidine groups is 1. The summed E-state index contributed by atoms with van der Waals surface area (Å²) >= 11 is 0. The zero-order valence-electron chi connectivity index (χ0n) is 15.6. The lowest BCUT2D eigenvalue weighted by Crippen LogP contribution is -2.40. The number of rotatable bonds is 6. The molecule has 140 valence electrons. The topological polar surface area (TPSA) is 76.0 Å². The molecule has 1 unspecified atom stereocenters. The van der Waals surface area contributed by atoms with Gasteiger partial charge < -0.3 is 20.2 Å². The van der Waals surface area contributed by atoms with Gasteiger partial charge in [0.1, 0.15) is 11.5 Å². The molecular weight excluding hydrogens is 328 g/mol. The fourth-order valence-electron chi connectivity index (χ4n) is 3.15. The predicted molar refractivity (Wildman–Crippen MR) is 105 cm³/mol. The Morgan fingerprint density at radius 1 is 1.27 bits per heavy atom. The standard InChI is InChI=1S/C20H28N4O2/c1-3-16-5-4-6-17(13-16)23-20(21)22-14-18(19-8-7-15(2)26-19)24-9-11-25-12-10-24/h4-8,13,18H,3,9-12,14H2,1-2H3,(H3,21,22,23). The zero-order chi connectivity index (χ0) is 18.4. The molecular formula is C20H28N4O2. The summed E-state index contributed by atoms with van der Waals surface area (Å²) in [5.41, 5.74) is 8.35. The summed E-state index contributed by atoms with van der Waals surface area (Å²) < 4.78 is 11.3. The minimum atomic E-state index is 0.0647. The third kappa shape index (κ3) is 4.86. The summed E-state index contributed by atoms with van der Waals surface area (Å²) in [6.07, 6.45) is 0.990. The molecule has 6 heteroatoms. The van der Waals surface area contributed by atoms with Crippen molar-refractivity contribution in [1.82, 2.24) is 4.90 Å². The van der Waals surface area contributed by atoms with Crippen LogP contribution in [0.4, 0.5) is 5.69 Å². The first-order valence-electron chi connectivity index (χ1n) is 9.19. The maximum absolute atomic E-state index is 6.12. The monoisotopic (exact) mass is 356 g/mol. The van der Waals surface area contributed by atoms with E-state index in [0.717, 1.165) is 49.9 Å². The lowest BCUT2D eigenvalue weighted by molar-refractivity contribution is 0.0135. The van der Waals surface area contributed by atoms with Gasteiger partial charge in [0.2, 0.25) is 0 Å². The van der Waals surface area contributed by atoms with E-state index in [1.54, 1.807) is 0 Å². The average Bonchev–Trinajstić information content (AvgIpc) is 3.09. The number of furan rings is 1. The molecule has 0 bridgehead atoms. The molecule has 1 aliphatic rings. The summed E-state index contributed by atoms with van der Waals surface area (Å²) in [4.78, 5) is 6.92. The van der Waals surface area contributed by atoms with Gasteiger partial charge in [-0.2, -0.15) is 0 Å². The summed E-state index contributed by atoms with van der Waals surface area (Å²) in [6, 6.07) is 12.3. The van der Waals surface area contributed by atoms with Crippen LogP contribution in [0.15, 0.2) is 45.8 Å². The van der Waals surface area contributed by atoms with Gasteiger partial charge >= 0.3 is 0 Å². The first-order valence-corrected chi connectivity index (χ1v) is 9.19. The summed E-state index contributed by atoms with van der Waals surface area (Å²) in [6.45, 7) is 7.83. The van der Waals surface area contributed by atoms with E-state index in [4.69, 9.17) is 14.9 Å². The first-order chi connectivity index (χ1) is 12.7. The third-order valence-corrected chi connectivity index (χ3v) is 4.62. The first kappa shape index (κ1) is 18.5. The molecule has 0 amide bonds. The molecule has 3 N–H and O–H groups in total. The van der Waals surface area contributed by atoms with Gasteiger partial charge in [0.25, 0.3) is 0 Å². The zero-order valence-corrected chi connectivity index (χ0v) is 15.6. The molecule has 1 atom stereocenters. The highest BCUT2D eigenvalue weighted by Gasteiger charge is 2.25. The van der Waals surface area contributed by atoms with Crippen molar-refractivity contribution in [3.8, 4) is 0 Å². The Labute approximate surface area is 155 Å². The molecule has 2 aromatic rings. The molecule has 3 rings (SSSR count). The van der Waals surface area contributed by atoms with Crippen molar-refractivity contribution < 1.29 is 9.15 Å². The molecule has 6 nitrogen and oxygen atoms in total. The molecule has 1 fully saturated rings. The largest absolute Gasteiger partial charge is 0.465 e. The molecule has 1 aromatic heterocycles. The normalized spacial score (nSPS) is 17.2. The van der Waals surface area contributed by atoms with E-state index in [9.17, 15) is 0 Å². The van der Waals surface area contributed by atoms with Gasteiger partial charge in [-0.3, -0.25) is 9.89 Å². The SMILES string of the molecule is CCc1cccc(NC(N)=NCC(c2ccc(C)o2)N2CCOCC2)c1. The molecule has 1 saturated heterocycles.